The fraction of sp³-hybridized carbons (Fsp3) is 0.222. The van der Waals surface area contributed by atoms with E-state index in [-0.39, 0.29) is 17.2 Å². The third-order valence-corrected chi connectivity index (χ3v) is 1.81. The van der Waals surface area contributed by atoms with Crippen molar-refractivity contribution in [3.05, 3.63) is 23.3 Å². The van der Waals surface area contributed by atoms with Gasteiger partial charge in [-0.3, -0.25) is 0 Å². The summed E-state index contributed by atoms with van der Waals surface area (Å²) in [5.41, 5.74) is 1.17. The lowest BCUT2D eigenvalue weighted by Crippen LogP contribution is -1.93. The molecule has 0 aliphatic rings. The lowest BCUT2D eigenvalue weighted by atomic mass is 10.1. The molecular weight excluding hydrogens is 154 g/mol. The van der Waals surface area contributed by atoms with Gasteiger partial charge in [0, 0.05) is 16.8 Å². The van der Waals surface area contributed by atoms with Gasteiger partial charge in [-0.05, 0) is 26.0 Å². The van der Waals surface area contributed by atoms with Crippen molar-refractivity contribution in [1.82, 2.24) is 0 Å². The molecule has 64 valence electrons. The van der Waals surface area contributed by atoms with Crippen molar-refractivity contribution < 1.29 is 10.2 Å². The van der Waals surface area contributed by atoms with Crippen LogP contribution in [0.5, 0.6) is 11.5 Å². The number of phenolic OH excluding ortho intramolecular Hbond substituents is 2. The summed E-state index contributed by atoms with van der Waals surface area (Å²) in [5, 5.41) is 25.9. The van der Waals surface area contributed by atoms with Crippen molar-refractivity contribution in [3.8, 4) is 11.5 Å². The fourth-order valence-corrected chi connectivity index (χ4v) is 0.992. The first-order chi connectivity index (χ1) is 5.54. The first-order valence-corrected chi connectivity index (χ1v) is 3.61. The van der Waals surface area contributed by atoms with E-state index in [1.807, 2.05) is 0 Å². The maximum atomic E-state index is 9.45. The summed E-state index contributed by atoms with van der Waals surface area (Å²) in [6.45, 7) is 3.20. The predicted octanol–water partition coefficient (Wildman–Crippen LogP) is 1.79. The summed E-state index contributed by atoms with van der Waals surface area (Å²) in [6, 6.07) is 3.00. The van der Waals surface area contributed by atoms with Crippen LogP contribution < -0.4 is 0 Å². The van der Waals surface area contributed by atoms with Gasteiger partial charge in [0.2, 0.25) is 0 Å². The van der Waals surface area contributed by atoms with Crippen LogP contribution in [0.2, 0.25) is 0 Å². The minimum atomic E-state index is -0.0116. The molecule has 0 bridgehead atoms. The molecule has 3 nitrogen and oxygen atoms in total. The molecule has 1 rings (SSSR count). The van der Waals surface area contributed by atoms with Crippen LogP contribution in [0.4, 0.5) is 0 Å². The van der Waals surface area contributed by atoms with Gasteiger partial charge in [0.25, 0.3) is 0 Å². The Bertz CT molecular complexity index is 332. The standard InChI is InChI=1S/C9H11NO2/c1-5-8(11)4-3-7(6(2)10)9(5)12/h3-4,10-12H,1-2H3. The smallest absolute Gasteiger partial charge is 0.131 e. The number of hydrogen-bond acceptors (Lipinski definition) is 3. The minimum absolute atomic E-state index is 0.0116. The zero-order chi connectivity index (χ0) is 9.30. The first kappa shape index (κ1) is 8.59. The van der Waals surface area contributed by atoms with Crippen LogP contribution >= 0.6 is 0 Å². The molecule has 0 aromatic heterocycles. The molecule has 0 saturated heterocycles. The van der Waals surface area contributed by atoms with Crippen molar-refractivity contribution in [2.24, 2.45) is 0 Å². The number of phenols is 2. The summed E-state index contributed by atoms with van der Waals surface area (Å²) in [5.74, 6) is 0.0417. The first-order valence-electron chi connectivity index (χ1n) is 3.61. The molecule has 0 aliphatic heterocycles. The van der Waals surface area contributed by atoms with Gasteiger partial charge in [0.05, 0.1) is 0 Å². The quantitative estimate of drug-likeness (QED) is 0.555. The summed E-state index contributed by atoms with van der Waals surface area (Å²) in [4.78, 5) is 0. The van der Waals surface area contributed by atoms with Crippen molar-refractivity contribution in [2.75, 3.05) is 0 Å². The molecule has 1 aromatic carbocycles. The molecule has 0 unspecified atom stereocenters. The Hall–Kier alpha value is -1.51. The average Bonchev–Trinajstić information content (AvgIpc) is 2.00. The molecule has 12 heavy (non-hydrogen) atoms. The third kappa shape index (κ3) is 1.25. The molecule has 0 aliphatic carbocycles. The van der Waals surface area contributed by atoms with E-state index in [1.165, 1.54) is 12.1 Å². The second kappa shape index (κ2) is 2.85. The minimum Gasteiger partial charge on any atom is -0.508 e. The second-order valence-corrected chi connectivity index (χ2v) is 2.73. The number of hydrogen-bond donors (Lipinski definition) is 3. The van der Waals surface area contributed by atoms with E-state index in [9.17, 15) is 10.2 Å². The van der Waals surface area contributed by atoms with E-state index in [1.54, 1.807) is 13.8 Å². The molecule has 0 atom stereocenters. The van der Waals surface area contributed by atoms with Gasteiger partial charge in [-0.2, -0.15) is 0 Å². The molecule has 0 spiro atoms. The Labute approximate surface area is 70.8 Å². The highest BCUT2D eigenvalue weighted by atomic mass is 16.3. The maximum Gasteiger partial charge on any atom is 0.131 e. The fourth-order valence-electron chi connectivity index (χ4n) is 0.992. The summed E-state index contributed by atoms with van der Waals surface area (Å²) < 4.78 is 0. The lowest BCUT2D eigenvalue weighted by Gasteiger charge is -2.06. The van der Waals surface area contributed by atoms with Gasteiger partial charge < -0.3 is 15.6 Å². The van der Waals surface area contributed by atoms with Gasteiger partial charge in [-0.15, -0.1) is 0 Å². The average molecular weight is 165 g/mol. The van der Waals surface area contributed by atoms with E-state index >= 15 is 0 Å². The Morgan fingerprint density at radius 2 is 1.92 bits per heavy atom. The lowest BCUT2D eigenvalue weighted by molar-refractivity contribution is 0.442. The third-order valence-electron chi connectivity index (χ3n) is 1.81. The van der Waals surface area contributed by atoms with E-state index < -0.39 is 0 Å². The molecule has 0 radical (unpaired) electrons. The summed E-state index contributed by atoms with van der Waals surface area (Å²) in [7, 11) is 0. The maximum absolute atomic E-state index is 9.45. The zero-order valence-electron chi connectivity index (χ0n) is 7.05. The Kier molecular flexibility index (Phi) is 2.04. The Balaban J connectivity index is 3.36. The van der Waals surface area contributed by atoms with Gasteiger partial charge >= 0.3 is 0 Å². The second-order valence-electron chi connectivity index (χ2n) is 2.73. The summed E-state index contributed by atoms with van der Waals surface area (Å²) in [6.07, 6.45) is 0. The number of nitrogens with one attached hydrogen (secondary N) is 1. The predicted molar refractivity (Wildman–Crippen MR) is 47.0 cm³/mol. The van der Waals surface area contributed by atoms with E-state index in [0.29, 0.717) is 11.1 Å². The van der Waals surface area contributed by atoms with Crippen molar-refractivity contribution in [2.45, 2.75) is 13.8 Å². The molecular formula is C9H11NO2. The van der Waals surface area contributed by atoms with E-state index in [0.717, 1.165) is 0 Å². The van der Waals surface area contributed by atoms with Crippen LogP contribution in [-0.2, 0) is 0 Å². The molecule has 1 aromatic rings. The molecule has 0 saturated carbocycles. The van der Waals surface area contributed by atoms with Crippen molar-refractivity contribution in [3.63, 3.8) is 0 Å². The van der Waals surface area contributed by atoms with Crippen molar-refractivity contribution in [1.29, 1.82) is 5.41 Å². The van der Waals surface area contributed by atoms with Crippen LogP contribution in [0.3, 0.4) is 0 Å². The number of rotatable bonds is 1. The largest absolute Gasteiger partial charge is 0.508 e. The van der Waals surface area contributed by atoms with Gasteiger partial charge in [-0.25, -0.2) is 0 Å². The van der Waals surface area contributed by atoms with Crippen LogP contribution in [0.25, 0.3) is 0 Å². The van der Waals surface area contributed by atoms with Gasteiger partial charge in [0.15, 0.2) is 0 Å². The highest BCUT2D eigenvalue weighted by Crippen LogP contribution is 2.29. The Morgan fingerprint density at radius 3 is 2.42 bits per heavy atom. The molecule has 0 heterocycles. The highest BCUT2D eigenvalue weighted by Gasteiger charge is 2.08. The number of aromatic hydroxyl groups is 2. The Morgan fingerprint density at radius 1 is 1.33 bits per heavy atom. The number of benzene rings is 1. The van der Waals surface area contributed by atoms with Crippen LogP contribution in [0.1, 0.15) is 18.1 Å². The van der Waals surface area contributed by atoms with Crippen LogP contribution in [0.15, 0.2) is 12.1 Å². The van der Waals surface area contributed by atoms with Crippen molar-refractivity contribution >= 4 is 5.71 Å². The van der Waals surface area contributed by atoms with E-state index in [4.69, 9.17) is 5.41 Å². The molecule has 0 amide bonds. The highest BCUT2D eigenvalue weighted by molar-refractivity contribution is 5.99. The normalized spacial score (nSPS) is 9.83. The SMILES string of the molecule is CC(=N)c1ccc(O)c(C)c1O. The summed E-state index contributed by atoms with van der Waals surface area (Å²) >= 11 is 0. The zero-order valence-corrected chi connectivity index (χ0v) is 7.05. The molecule has 3 heteroatoms. The molecule has 0 fully saturated rings. The van der Waals surface area contributed by atoms with Gasteiger partial charge in [0.1, 0.15) is 11.5 Å². The van der Waals surface area contributed by atoms with Crippen LogP contribution in [0, 0.1) is 12.3 Å². The topological polar surface area (TPSA) is 64.3 Å². The monoisotopic (exact) mass is 165 g/mol. The van der Waals surface area contributed by atoms with E-state index in [2.05, 4.69) is 0 Å². The van der Waals surface area contributed by atoms with Gasteiger partial charge in [-0.1, -0.05) is 0 Å². The molecule has 3 N–H and O–H groups in total. The van der Waals surface area contributed by atoms with Crippen LogP contribution in [-0.4, -0.2) is 15.9 Å².